The highest BCUT2D eigenvalue weighted by atomic mass is 79.9. The van der Waals surface area contributed by atoms with E-state index in [0.717, 1.165) is 0 Å². The quantitative estimate of drug-likeness (QED) is 0.328. The van der Waals surface area contributed by atoms with Crippen LogP contribution in [-0.2, 0) is 33.3 Å². The van der Waals surface area contributed by atoms with Crippen LogP contribution in [0.4, 0.5) is 0 Å². The zero-order chi connectivity index (χ0) is 19.3. The van der Waals surface area contributed by atoms with Gasteiger partial charge in [-0.2, -0.15) is 0 Å². The predicted octanol–water partition coefficient (Wildman–Crippen LogP) is 1.90. The van der Waals surface area contributed by atoms with Gasteiger partial charge in [-0.15, -0.1) is 0 Å². The van der Waals surface area contributed by atoms with Crippen LogP contribution in [0.15, 0.2) is 22.9 Å². The van der Waals surface area contributed by atoms with Crippen molar-refractivity contribution in [3.8, 4) is 0 Å². The van der Waals surface area contributed by atoms with E-state index in [1.807, 2.05) is 0 Å². The van der Waals surface area contributed by atoms with Crippen molar-refractivity contribution in [3.05, 3.63) is 22.9 Å². The molecule has 2 aliphatic rings. The van der Waals surface area contributed by atoms with Crippen LogP contribution in [-0.4, -0.2) is 59.1 Å². The molecule has 0 aliphatic carbocycles. The van der Waals surface area contributed by atoms with E-state index in [0.29, 0.717) is 0 Å². The second kappa shape index (κ2) is 8.92. The second-order valence-electron chi connectivity index (χ2n) is 5.10. The molecule has 0 amide bonds. The maximum Gasteiger partial charge on any atom is 0.355 e. The number of hydrogen-bond donors (Lipinski definition) is 0. The molecule has 0 aromatic rings. The van der Waals surface area contributed by atoms with Gasteiger partial charge in [-0.3, -0.25) is 0 Å². The monoisotopic (exact) mass is 449 g/mol. The zero-order valence-corrected chi connectivity index (χ0v) is 17.1. The van der Waals surface area contributed by atoms with Gasteiger partial charge in [-0.1, -0.05) is 27.7 Å². The first-order valence-corrected chi connectivity index (χ1v) is 10.1. The average molecular weight is 450 g/mol. The Morgan fingerprint density at radius 3 is 2.35 bits per heavy atom. The van der Waals surface area contributed by atoms with Crippen molar-refractivity contribution in [1.29, 1.82) is 0 Å². The standard InChI is InChI=1S/C16H20BrNO7S/c1-4-22-12(19)10-11(13(20)23-5-2)18-7-8-26-15(18)25-16(10,9-17)14(21)24-6-3/h7-8,15H,4-6,9H2,1-3H3. The molecule has 2 atom stereocenters. The van der Waals surface area contributed by atoms with Crippen LogP contribution < -0.4 is 0 Å². The lowest BCUT2D eigenvalue weighted by Crippen LogP contribution is -2.58. The van der Waals surface area contributed by atoms with Crippen LogP contribution in [0, 0.1) is 0 Å². The van der Waals surface area contributed by atoms with Gasteiger partial charge in [0.05, 0.1) is 19.8 Å². The summed E-state index contributed by atoms with van der Waals surface area (Å²) in [5, 5.41) is 1.60. The Hall–Kier alpha value is -1.52. The summed E-state index contributed by atoms with van der Waals surface area (Å²) in [4.78, 5) is 39.6. The first-order chi connectivity index (χ1) is 12.5. The number of carbonyl (C=O) groups excluding carboxylic acids is 3. The Morgan fingerprint density at radius 1 is 1.15 bits per heavy atom. The van der Waals surface area contributed by atoms with Gasteiger partial charge < -0.3 is 23.8 Å². The van der Waals surface area contributed by atoms with Crippen LogP contribution in [0.3, 0.4) is 0 Å². The van der Waals surface area contributed by atoms with Gasteiger partial charge in [0, 0.05) is 11.5 Å². The summed E-state index contributed by atoms with van der Waals surface area (Å²) in [5.74, 6) is -2.37. The molecule has 0 radical (unpaired) electrons. The smallest absolute Gasteiger partial charge is 0.355 e. The number of hydrogen-bond acceptors (Lipinski definition) is 9. The fourth-order valence-electron chi connectivity index (χ4n) is 2.54. The summed E-state index contributed by atoms with van der Waals surface area (Å²) in [7, 11) is 0. The minimum Gasteiger partial charge on any atom is -0.464 e. The first-order valence-electron chi connectivity index (χ1n) is 8.07. The molecule has 2 unspecified atom stereocenters. The molecule has 0 saturated carbocycles. The second-order valence-corrected chi connectivity index (χ2v) is 6.61. The number of ether oxygens (including phenoxy) is 4. The minimum atomic E-state index is -1.83. The van der Waals surface area contributed by atoms with E-state index in [1.54, 1.807) is 32.4 Å². The fourth-order valence-corrected chi connectivity index (χ4v) is 4.05. The molecular formula is C16H20BrNO7S. The van der Waals surface area contributed by atoms with E-state index in [2.05, 4.69) is 15.9 Å². The number of nitrogens with zero attached hydrogens (tertiary/aromatic N) is 1. The molecule has 0 N–H and O–H groups in total. The summed E-state index contributed by atoms with van der Waals surface area (Å²) >= 11 is 4.49. The summed E-state index contributed by atoms with van der Waals surface area (Å²) in [5.41, 5.74) is -2.87. The van der Waals surface area contributed by atoms with Gasteiger partial charge in [0.2, 0.25) is 5.60 Å². The summed E-state index contributed by atoms with van der Waals surface area (Å²) in [6.45, 7) is 5.17. The van der Waals surface area contributed by atoms with Gasteiger partial charge in [0.1, 0.15) is 11.3 Å². The molecule has 0 aromatic carbocycles. The van der Waals surface area contributed by atoms with Crippen LogP contribution >= 0.6 is 27.7 Å². The number of carbonyl (C=O) groups is 3. The molecular weight excluding hydrogens is 430 g/mol. The number of fused-ring (bicyclic) bond motifs is 1. The third kappa shape index (κ3) is 3.63. The normalized spacial score (nSPS) is 24.3. The van der Waals surface area contributed by atoms with Crippen molar-refractivity contribution in [1.82, 2.24) is 4.90 Å². The zero-order valence-electron chi connectivity index (χ0n) is 14.7. The Labute approximate surface area is 164 Å². The Morgan fingerprint density at radius 2 is 1.77 bits per heavy atom. The Kier molecular flexibility index (Phi) is 7.13. The van der Waals surface area contributed by atoms with Gasteiger partial charge in [-0.05, 0) is 26.2 Å². The number of rotatable bonds is 7. The van der Waals surface area contributed by atoms with Crippen molar-refractivity contribution >= 4 is 45.6 Å². The summed E-state index contributed by atoms with van der Waals surface area (Å²) < 4.78 is 21.3. The minimum absolute atomic E-state index is 0.0631. The Balaban J connectivity index is 2.71. The largest absolute Gasteiger partial charge is 0.464 e. The summed E-state index contributed by atoms with van der Waals surface area (Å²) in [6.07, 6.45) is 1.59. The van der Waals surface area contributed by atoms with Crippen molar-refractivity contribution < 1.29 is 33.3 Å². The first kappa shape index (κ1) is 20.8. The number of alkyl halides is 1. The van der Waals surface area contributed by atoms with Gasteiger partial charge >= 0.3 is 17.9 Å². The maximum atomic E-state index is 12.8. The molecule has 2 aliphatic heterocycles. The van der Waals surface area contributed by atoms with Crippen LogP contribution in [0.2, 0.25) is 0 Å². The van der Waals surface area contributed by atoms with Crippen molar-refractivity contribution in [2.24, 2.45) is 0 Å². The van der Waals surface area contributed by atoms with Gasteiger partial charge in [0.25, 0.3) is 0 Å². The predicted molar refractivity (Wildman–Crippen MR) is 96.9 cm³/mol. The van der Waals surface area contributed by atoms with Crippen LogP contribution in [0.1, 0.15) is 20.8 Å². The van der Waals surface area contributed by atoms with E-state index >= 15 is 0 Å². The van der Waals surface area contributed by atoms with E-state index < -0.39 is 29.1 Å². The molecule has 2 heterocycles. The highest BCUT2D eigenvalue weighted by molar-refractivity contribution is 9.09. The molecule has 10 heteroatoms. The van der Waals surface area contributed by atoms with Gasteiger partial charge in [0.15, 0.2) is 5.56 Å². The number of esters is 3. The number of halogens is 1. The lowest BCUT2D eigenvalue weighted by atomic mass is 9.91. The lowest BCUT2D eigenvalue weighted by Gasteiger charge is -2.42. The van der Waals surface area contributed by atoms with Crippen molar-refractivity contribution in [2.75, 3.05) is 25.2 Å². The molecule has 144 valence electrons. The van der Waals surface area contributed by atoms with Crippen LogP contribution in [0.25, 0.3) is 0 Å². The lowest BCUT2D eigenvalue weighted by molar-refractivity contribution is -0.178. The highest BCUT2D eigenvalue weighted by Crippen LogP contribution is 2.44. The fraction of sp³-hybridized carbons (Fsp3) is 0.562. The van der Waals surface area contributed by atoms with Crippen molar-refractivity contribution in [3.63, 3.8) is 0 Å². The SMILES string of the molecule is CCOC(=O)C1=C(C(=O)OCC)C(CBr)(C(=O)OCC)OC2SC=CN12. The summed E-state index contributed by atoms with van der Waals surface area (Å²) in [6, 6.07) is 0. The van der Waals surface area contributed by atoms with E-state index in [9.17, 15) is 14.4 Å². The van der Waals surface area contributed by atoms with Crippen LogP contribution in [0.5, 0.6) is 0 Å². The third-order valence-electron chi connectivity index (χ3n) is 3.59. The molecule has 0 aromatic heterocycles. The molecule has 26 heavy (non-hydrogen) atoms. The average Bonchev–Trinajstić information content (AvgIpc) is 3.08. The molecule has 0 saturated heterocycles. The topological polar surface area (TPSA) is 91.4 Å². The third-order valence-corrected chi connectivity index (χ3v) is 5.21. The molecule has 0 bridgehead atoms. The molecule has 0 fully saturated rings. The van der Waals surface area contributed by atoms with Crippen molar-refractivity contribution in [2.45, 2.75) is 31.9 Å². The number of thioether (sulfide) groups is 1. The van der Waals surface area contributed by atoms with E-state index in [-0.39, 0.29) is 36.4 Å². The molecule has 8 nitrogen and oxygen atoms in total. The van der Waals surface area contributed by atoms with Gasteiger partial charge in [-0.25, -0.2) is 14.4 Å². The van der Waals surface area contributed by atoms with E-state index in [1.165, 1.54) is 16.7 Å². The highest BCUT2D eigenvalue weighted by Gasteiger charge is 2.57. The molecule has 0 spiro atoms. The maximum absolute atomic E-state index is 12.8. The molecule has 2 rings (SSSR count). The Bertz CT molecular complexity index is 651. The van der Waals surface area contributed by atoms with E-state index in [4.69, 9.17) is 18.9 Å².